The maximum atomic E-state index is 5.45. The number of epoxide rings is 1. The molecule has 2 nitrogen and oxygen atoms in total. The summed E-state index contributed by atoms with van der Waals surface area (Å²) >= 11 is 0. The highest BCUT2D eigenvalue weighted by Crippen LogP contribution is 2.19. The SMILES string of the molecule is CCc1cccc(OC2CO2)c1. The molecule has 12 heavy (non-hydrogen) atoms. The molecule has 1 aromatic carbocycles. The number of benzene rings is 1. The van der Waals surface area contributed by atoms with Gasteiger partial charge in [0.2, 0.25) is 6.29 Å². The Hall–Kier alpha value is -1.02. The minimum atomic E-state index is 0.0112. The third-order valence-corrected chi connectivity index (χ3v) is 1.88. The average Bonchev–Trinajstić information content (AvgIpc) is 2.89. The van der Waals surface area contributed by atoms with Crippen LogP contribution in [0, 0.1) is 0 Å². The summed E-state index contributed by atoms with van der Waals surface area (Å²) in [6, 6.07) is 8.12. The molecular formula is C10H12O2. The third kappa shape index (κ3) is 1.77. The zero-order valence-corrected chi connectivity index (χ0v) is 7.12. The van der Waals surface area contributed by atoms with Crippen molar-refractivity contribution < 1.29 is 9.47 Å². The summed E-state index contributed by atoms with van der Waals surface area (Å²) in [5, 5.41) is 0. The fourth-order valence-corrected chi connectivity index (χ4v) is 1.10. The van der Waals surface area contributed by atoms with Crippen LogP contribution in [0.15, 0.2) is 24.3 Å². The molecule has 1 aliphatic heterocycles. The van der Waals surface area contributed by atoms with Crippen LogP contribution in [-0.4, -0.2) is 12.9 Å². The molecular weight excluding hydrogens is 152 g/mol. The van der Waals surface area contributed by atoms with Crippen molar-refractivity contribution in [2.45, 2.75) is 19.6 Å². The number of aryl methyl sites for hydroxylation is 1. The average molecular weight is 164 g/mol. The standard InChI is InChI=1S/C10H12O2/c1-2-8-4-3-5-9(6-8)12-10-7-11-10/h3-6,10H,2,7H2,1H3. The van der Waals surface area contributed by atoms with E-state index in [0.29, 0.717) is 0 Å². The van der Waals surface area contributed by atoms with Gasteiger partial charge in [0.15, 0.2) is 0 Å². The van der Waals surface area contributed by atoms with E-state index in [1.165, 1.54) is 5.56 Å². The summed E-state index contributed by atoms with van der Waals surface area (Å²) in [5.41, 5.74) is 1.30. The Morgan fingerprint density at radius 1 is 1.58 bits per heavy atom. The van der Waals surface area contributed by atoms with Crippen molar-refractivity contribution in [2.75, 3.05) is 6.61 Å². The Morgan fingerprint density at radius 3 is 3.08 bits per heavy atom. The second-order valence-corrected chi connectivity index (χ2v) is 2.88. The van der Waals surface area contributed by atoms with E-state index in [2.05, 4.69) is 19.1 Å². The first-order valence-electron chi connectivity index (χ1n) is 4.25. The van der Waals surface area contributed by atoms with E-state index in [4.69, 9.17) is 9.47 Å². The summed E-state index contributed by atoms with van der Waals surface area (Å²) in [6.07, 6.45) is 1.06. The van der Waals surface area contributed by atoms with Crippen LogP contribution in [0.4, 0.5) is 0 Å². The summed E-state index contributed by atoms with van der Waals surface area (Å²) in [6.45, 7) is 2.86. The molecule has 64 valence electrons. The van der Waals surface area contributed by atoms with Crippen molar-refractivity contribution in [2.24, 2.45) is 0 Å². The van der Waals surface area contributed by atoms with E-state index in [0.717, 1.165) is 18.8 Å². The quantitative estimate of drug-likeness (QED) is 0.637. The van der Waals surface area contributed by atoms with Crippen LogP contribution in [0.2, 0.25) is 0 Å². The molecule has 0 radical (unpaired) electrons. The normalized spacial score (nSPS) is 20.6. The maximum absolute atomic E-state index is 5.45. The molecule has 2 rings (SSSR count). The maximum Gasteiger partial charge on any atom is 0.223 e. The van der Waals surface area contributed by atoms with Gasteiger partial charge in [-0.2, -0.15) is 0 Å². The highest BCUT2D eigenvalue weighted by Gasteiger charge is 2.24. The second kappa shape index (κ2) is 3.15. The summed E-state index contributed by atoms with van der Waals surface area (Å²) in [7, 11) is 0. The van der Waals surface area contributed by atoms with Gasteiger partial charge in [0, 0.05) is 0 Å². The van der Waals surface area contributed by atoms with Crippen LogP contribution in [0.5, 0.6) is 5.75 Å². The molecule has 0 aliphatic carbocycles. The molecule has 0 N–H and O–H groups in total. The van der Waals surface area contributed by atoms with Gasteiger partial charge in [-0.15, -0.1) is 0 Å². The summed E-state index contributed by atoms with van der Waals surface area (Å²) in [5.74, 6) is 0.914. The van der Waals surface area contributed by atoms with Crippen LogP contribution >= 0.6 is 0 Å². The lowest BCUT2D eigenvalue weighted by molar-refractivity contribution is 0.179. The highest BCUT2D eigenvalue weighted by molar-refractivity contribution is 5.28. The summed E-state index contributed by atoms with van der Waals surface area (Å²) in [4.78, 5) is 0. The van der Waals surface area contributed by atoms with Crippen molar-refractivity contribution >= 4 is 0 Å². The first-order valence-corrected chi connectivity index (χ1v) is 4.25. The van der Waals surface area contributed by atoms with Crippen molar-refractivity contribution in [3.05, 3.63) is 29.8 Å². The second-order valence-electron chi connectivity index (χ2n) is 2.88. The van der Waals surface area contributed by atoms with Crippen LogP contribution < -0.4 is 4.74 Å². The van der Waals surface area contributed by atoms with Gasteiger partial charge in [-0.05, 0) is 24.1 Å². The molecule has 1 aliphatic rings. The van der Waals surface area contributed by atoms with E-state index in [1.54, 1.807) is 0 Å². The molecule has 1 saturated heterocycles. The van der Waals surface area contributed by atoms with Gasteiger partial charge in [-0.3, -0.25) is 0 Å². The van der Waals surface area contributed by atoms with Crippen LogP contribution in [0.3, 0.4) is 0 Å². The van der Waals surface area contributed by atoms with E-state index < -0.39 is 0 Å². The van der Waals surface area contributed by atoms with Gasteiger partial charge >= 0.3 is 0 Å². The zero-order chi connectivity index (χ0) is 8.39. The van der Waals surface area contributed by atoms with Crippen molar-refractivity contribution in [3.8, 4) is 5.75 Å². The molecule has 1 unspecified atom stereocenters. The van der Waals surface area contributed by atoms with Crippen LogP contribution in [0.25, 0.3) is 0 Å². The largest absolute Gasteiger partial charge is 0.462 e. The van der Waals surface area contributed by atoms with Gasteiger partial charge in [-0.25, -0.2) is 0 Å². The monoisotopic (exact) mass is 164 g/mol. The van der Waals surface area contributed by atoms with Crippen LogP contribution in [0.1, 0.15) is 12.5 Å². The predicted octanol–water partition coefficient (Wildman–Crippen LogP) is 1.98. The van der Waals surface area contributed by atoms with Crippen molar-refractivity contribution in [1.82, 2.24) is 0 Å². The fraction of sp³-hybridized carbons (Fsp3) is 0.400. The van der Waals surface area contributed by atoms with Crippen molar-refractivity contribution in [3.63, 3.8) is 0 Å². The van der Waals surface area contributed by atoms with Gasteiger partial charge in [-0.1, -0.05) is 19.1 Å². The smallest absolute Gasteiger partial charge is 0.223 e. The van der Waals surface area contributed by atoms with Gasteiger partial charge in [0.05, 0.1) is 0 Å². The van der Waals surface area contributed by atoms with E-state index in [9.17, 15) is 0 Å². The number of ether oxygens (including phenoxy) is 2. The van der Waals surface area contributed by atoms with Gasteiger partial charge in [0.1, 0.15) is 12.4 Å². The Labute approximate surface area is 72.1 Å². The summed E-state index contributed by atoms with van der Waals surface area (Å²) < 4.78 is 10.4. The van der Waals surface area contributed by atoms with Crippen molar-refractivity contribution in [1.29, 1.82) is 0 Å². The first-order chi connectivity index (χ1) is 5.88. The molecule has 0 spiro atoms. The number of hydrogen-bond acceptors (Lipinski definition) is 2. The van der Waals surface area contributed by atoms with Gasteiger partial charge < -0.3 is 9.47 Å². The molecule has 1 heterocycles. The molecule has 1 atom stereocenters. The Bertz CT molecular complexity index is 266. The molecule has 0 amide bonds. The van der Waals surface area contributed by atoms with Crippen LogP contribution in [-0.2, 0) is 11.2 Å². The first kappa shape index (κ1) is 7.62. The minimum absolute atomic E-state index is 0.0112. The predicted molar refractivity (Wildman–Crippen MR) is 46.2 cm³/mol. The Kier molecular flexibility index (Phi) is 2.00. The lowest BCUT2D eigenvalue weighted by atomic mass is 10.2. The Morgan fingerprint density at radius 2 is 2.42 bits per heavy atom. The highest BCUT2D eigenvalue weighted by atomic mass is 16.8. The van der Waals surface area contributed by atoms with E-state index >= 15 is 0 Å². The fourth-order valence-electron chi connectivity index (χ4n) is 1.10. The van der Waals surface area contributed by atoms with E-state index in [-0.39, 0.29) is 6.29 Å². The lowest BCUT2D eigenvalue weighted by Gasteiger charge is -2.03. The molecule has 1 aromatic rings. The number of rotatable bonds is 3. The Balaban J connectivity index is 2.08. The minimum Gasteiger partial charge on any atom is -0.462 e. The number of hydrogen-bond donors (Lipinski definition) is 0. The third-order valence-electron chi connectivity index (χ3n) is 1.88. The lowest BCUT2D eigenvalue weighted by Crippen LogP contribution is -1.97. The van der Waals surface area contributed by atoms with E-state index in [1.807, 2.05) is 12.1 Å². The molecule has 2 heteroatoms. The molecule has 0 saturated carbocycles. The molecule has 0 aromatic heterocycles. The molecule has 0 bridgehead atoms. The van der Waals surface area contributed by atoms with Gasteiger partial charge in [0.25, 0.3) is 0 Å². The molecule has 1 fully saturated rings. The topological polar surface area (TPSA) is 21.8 Å². The zero-order valence-electron chi connectivity index (χ0n) is 7.12.